The molecule has 0 saturated heterocycles. The Balaban J connectivity index is 2.04. The maximum Gasteiger partial charge on any atom is 0.319 e. The van der Waals surface area contributed by atoms with E-state index in [0.29, 0.717) is 21.7 Å². The highest BCUT2D eigenvalue weighted by molar-refractivity contribution is 9.10. The highest BCUT2D eigenvalue weighted by Gasteiger charge is 2.24. The van der Waals surface area contributed by atoms with Crippen LogP contribution in [0, 0.1) is 0 Å². The zero-order chi connectivity index (χ0) is 16.1. The van der Waals surface area contributed by atoms with Gasteiger partial charge in [-0.1, -0.05) is 12.8 Å². The van der Waals surface area contributed by atoms with Crippen LogP contribution in [-0.2, 0) is 0 Å². The first kappa shape index (κ1) is 16.9. The van der Waals surface area contributed by atoms with Gasteiger partial charge in [-0.25, -0.2) is 4.79 Å². The number of aliphatic hydroxyl groups is 1. The maximum absolute atomic E-state index is 12.1. The number of carbonyl (C=O) groups is 1. The van der Waals surface area contributed by atoms with E-state index in [1.54, 1.807) is 19.2 Å². The van der Waals surface area contributed by atoms with Crippen molar-refractivity contribution in [3.05, 3.63) is 16.6 Å². The van der Waals surface area contributed by atoms with Crippen molar-refractivity contribution in [3.8, 4) is 11.5 Å². The number of hydrogen-bond acceptors (Lipinski definition) is 4. The average molecular weight is 373 g/mol. The fraction of sp³-hybridized carbons (Fsp3) is 0.533. The third kappa shape index (κ3) is 4.04. The second-order valence-electron chi connectivity index (χ2n) is 5.24. The Bertz CT molecular complexity index is 539. The second kappa shape index (κ2) is 7.69. The van der Waals surface area contributed by atoms with E-state index in [4.69, 9.17) is 9.47 Å². The van der Waals surface area contributed by atoms with Crippen molar-refractivity contribution in [2.45, 2.75) is 37.8 Å². The van der Waals surface area contributed by atoms with Crippen molar-refractivity contribution in [2.75, 3.05) is 19.5 Å². The number of ether oxygens (including phenoxy) is 2. The molecule has 7 heteroatoms. The van der Waals surface area contributed by atoms with Crippen LogP contribution in [0.5, 0.6) is 11.5 Å². The minimum absolute atomic E-state index is 0.201. The van der Waals surface area contributed by atoms with Crippen molar-refractivity contribution in [2.24, 2.45) is 0 Å². The van der Waals surface area contributed by atoms with E-state index in [1.807, 2.05) is 0 Å². The van der Waals surface area contributed by atoms with Crippen LogP contribution in [-0.4, -0.2) is 37.5 Å². The number of benzene rings is 1. The first-order valence-corrected chi connectivity index (χ1v) is 8.01. The van der Waals surface area contributed by atoms with Gasteiger partial charge in [0.25, 0.3) is 0 Å². The van der Waals surface area contributed by atoms with E-state index in [1.165, 1.54) is 7.11 Å². The van der Waals surface area contributed by atoms with Gasteiger partial charge < -0.3 is 25.2 Å². The number of carbonyl (C=O) groups excluding carboxylic acids is 1. The molecule has 1 aromatic rings. The lowest BCUT2D eigenvalue weighted by molar-refractivity contribution is 0.0955. The number of hydrogen-bond donors (Lipinski definition) is 3. The predicted molar refractivity (Wildman–Crippen MR) is 87.7 cm³/mol. The van der Waals surface area contributed by atoms with Crippen LogP contribution in [0.1, 0.15) is 25.7 Å². The summed E-state index contributed by atoms with van der Waals surface area (Å²) >= 11 is 3.39. The Morgan fingerprint density at radius 3 is 2.50 bits per heavy atom. The fourth-order valence-corrected chi connectivity index (χ4v) is 2.98. The zero-order valence-corrected chi connectivity index (χ0v) is 14.3. The van der Waals surface area contributed by atoms with Gasteiger partial charge in [0, 0.05) is 16.6 Å². The first-order valence-electron chi connectivity index (χ1n) is 7.22. The third-order valence-electron chi connectivity index (χ3n) is 3.77. The van der Waals surface area contributed by atoms with Crippen LogP contribution in [0.4, 0.5) is 10.5 Å². The van der Waals surface area contributed by atoms with Crippen molar-refractivity contribution in [1.82, 2.24) is 5.32 Å². The fourth-order valence-electron chi connectivity index (χ4n) is 2.56. The summed E-state index contributed by atoms with van der Waals surface area (Å²) < 4.78 is 11.1. The summed E-state index contributed by atoms with van der Waals surface area (Å²) in [5, 5.41) is 15.5. The lowest BCUT2D eigenvalue weighted by atomic mass is 9.93. The van der Waals surface area contributed by atoms with Gasteiger partial charge in [0.1, 0.15) is 0 Å². The van der Waals surface area contributed by atoms with Crippen LogP contribution in [0.2, 0.25) is 0 Å². The summed E-state index contributed by atoms with van der Waals surface area (Å²) in [7, 11) is 3.09. The molecule has 122 valence electrons. The highest BCUT2D eigenvalue weighted by atomic mass is 79.9. The number of anilines is 1. The molecule has 0 bridgehead atoms. The molecule has 1 saturated carbocycles. The molecular formula is C15H21BrN2O4. The number of aliphatic hydroxyl groups excluding tert-OH is 1. The van der Waals surface area contributed by atoms with Gasteiger partial charge in [-0.15, -0.1) is 0 Å². The minimum Gasteiger partial charge on any atom is -0.493 e. The Labute approximate surface area is 138 Å². The Morgan fingerprint density at radius 1 is 1.23 bits per heavy atom. The van der Waals surface area contributed by atoms with Crippen molar-refractivity contribution in [1.29, 1.82) is 0 Å². The predicted octanol–water partition coefficient (Wildman–Crippen LogP) is 2.89. The van der Waals surface area contributed by atoms with Crippen LogP contribution >= 0.6 is 15.9 Å². The Morgan fingerprint density at radius 2 is 1.86 bits per heavy atom. The molecule has 1 fully saturated rings. The molecule has 6 nitrogen and oxygen atoms in total. The van der Waals surface area contributed by atoms with Gasteiger partial charge >= 0.3 is 6.03 Å². The molecule has 0 aromatic heterocycles. The van der Waals surface area contributed by atoms with Crippen molar-refractivity contribution in [3.63, 3.8) is 0 Å². The van der Waals surface area contributed by atoms with E-state index in [2.05, 4.69) is 26.6 Å². The summed E-state index contributed by atoms with van der Waals surface area (Å²) in [5.41, 5.74) is 0.570. The quantitative estimate of drug-likeness (QED) is 0.758. The van der Waals surface area contributed by atoms with Gasteiger partial charge in [-0.05, 0) is 28.8 Å². The summed E-state index contributed by atoms with van der Waals surface area (Å²) in [4.78, 5) is 12.1. The number of rotatable bonds is 4. The topological polar surface area (TPSA) is 79.8 Å². The molecule has 0 aliphatic heterocycles. The number of urea groups is 1. The molecular weight excluding hydrogens is 352 g/mol. The monoisotopic (exact) mass is 372 g/mol. The molecule has 1 aliphatic carbocycles. The molecule has 1 aliphatic rings. The maximum atomic E-state index is 12.1. The van der Waals surface area contributed by atoms with Gasteiger partial charge in [0.15, 0.2) is 11.5 Å². The van der Waals surface area contributed by atoms with E-state index < -0.39 is 6.10 Å². The summed E-state index contributed by atoms with van der Waals surface area (Å²) in [6.45, 7) is 0. The molecule has 3 N–H and O–H groups in total. The highest BCUT2D eigenvalue weighted by Crippen LogP contribution is 2.36. The number of nitrogens with one attached hydrogen (secondary N) is 2. The number of methoxy groups -OCH3 is 2. The lowest BCUT2D eigenvalue weighted by Gasteiger charge is -2.28. The molecule has 22 heavy (non-hydrogen) atoms. The lowest BCUT2D eigenvalue weighted by Crippen LogP contribution is -2.46. The van der Waals surface area contributed by atoms with Crippen LogP contribution in [0.3, 0.4) is 0 Å². The first-order chi connectivity index (χ1) is 10.5. The van der Waals surface area contributed by atoms with E-state index in [9.17, 15) is 9.90 Å². The largest absolute Gasteiger partial charge is 0.493 e. The SMILES string of the molecule is COc1cc(Br)c(NC(=O)NC2CCCCC2O)cc1OC. The van der Waals surface area contributed by atoms with Crippen LogP contribution in [0.25, 0.3) is 0 Å². The summed E-state index contributed by atoms with van der Waals surface area (Å²) in [5.74, 6) is 1.10. The van der Waals surface area contributed by atoms with Crippen molar-refractivity contribution < 1.29 is 19.4 Å². The summed E-state index contributed by atoms with van der Waals surface area (Å²) in [6, 6.07) is 2.86. The third-order valence-corrected chi connectivity index (χ3v) is 4.42. The molecule has 2 rings (SSSR count). The second-order valence-corrected chi connectivity index (χ2v) is 6.10. The van der Waals surface area contributed by atoms with Crippen molar-refractivity contribution >= 4 is 27.6 Å². The molecule has 0 heterocycles. The molecule has 0 radical (unpaired) electrons. The Kier molecular flexibility index (Phi) is 5.90. The van der Waals surface area contributed by atoms with E-state index >= 15 is 0 Å². The molecule has 2 atom stereocenters. The minimum atomic E-state index is -0.478. The number of amides is 2. The van der Waals surface area contributed by atoms with Crippen LogP contribution in [0.15, 0.2) is 16.6 Å². The number of halogens is 1. The Hall–Kier alpha value is -1.47. The standard InChI is InChI=1S/C15H21BrN2O4/c1-21-13-7-9(16)11(8-14(13)22-2)18-15(20)17-10-5-3-4-6-12(10)19/h7-8,10,12,19H,3-6H2,1-2H3,(H2,17,18,20). The smallest absolute Gasteiger partial charge is 0.319 e. The zero-order valence-electron chi connectivity index (χ0n) is 12.7. The normalized spacial score (nSPS) is 21.1. The van der Waals surface area contributed by atoms with Gasteiger partial charge in [-0.2, -0.15) is 0 Å². The molecule has 2 unspecified atom stereocenters. The van der Waals surface area contributed by atoms with Gasteiger partial charge in [0.2, 0.25) is 0 Å². The average Bonchev–Trinajstić information content (AvgIpc) is 2.51. The van der Waals surface area contributed by atoms with Crippen LogP contribution < -0.4 is 20.1 Å². The van der Waals surface area contributed by atoms with Gasteiger partial charge in [0.05, 0.1) is 32.1 Å². The summed E-state index contributed by atoms with van der Waals surface area (Å²) in [6.07, 6.45) is 3.06. The van der Waals surface area contributed by atoms with Gasteiger partial charge in [-0.3, -0.25) is 0 Å². The molecule has 0 spiro atoms. The molecule has 2 amide bonds. The molecule has 1 aromatic carbocycles. The van der Waals surface area contributed by atoms with E-state index in [0.717, 1.165) is 25.7 Å². The van der Waals surface area contributed by atoms with E-state index in [-0.39, 0.29) is 12.1 Å².